The zero-order valence-electron chi connectivity index (χ0n) is 16.8. The van der Waals surface area contributed by atoms with Gasteiger partial charge in [0.15, 0.2) is 11.6 Å². The summed E-state index contributed by atoms with van der Waals surface area (Å²) < 4.78 is 29.9. The lowest BCUT2D eigenvalue weighted by Gasteiger charge is -2.12. The van der Waals surface area contributed by atoms with Crippen LogP contribution in [0.3, 0.4) is 0 Å². The van der Waals surface area contributed by atoms with Crippen molar-refractivity contribution in [1.82, 2.24) is 35.2 Å². The molecular weight excluding hydrogens is 412 g/mol. The minimum absolute atomic E-state index is 0.109. The van der Waals surface area contributed by atoms with E-state index in [1.54, 1.807) is 24.5 Å². The number of benzene rings is 2. The highest BCUT2D eigenvalue weighted by Crippen LogP contribution is 2.33. The van der Waals surface area contributed by atoms with Gasteiger partial charge in [-0.25, -0.2) is 18.7 Å². The predicted octanol–water partition coefficient (Wildman–Crippen LogP) is 4.43. The second kappa shape index (κ2) is 8.03. The van der Waals surface area contributed by atoms with E-state index >= 15 is 0 Å². The molecule has 3 aromatic heterocycles. The first-order valence-electron chi connectivity index (χ1n) is 9.69. The SMILES string of the molecule is Cc1ccc(-n2nnnc2-c2cnc(-c3ccncc3)nc2-c2ccc(F)cc2F)cc1. The van der Waals surface area contributed by atoms with E-state index in [9.17, 15) is 8.78 Å². The second-order valence-corrected chi connectivity index (χ2v) is 7.07. The smallest absolute Gasteiger partial charge is 0.190 e. The van der Waals surface area contributed by atoms with Gasteiger partial charge in [0.2, 0.25) is 0 Å². The monoisotopic (exact) mass is 427 g/mol. The van der Waals surface area contributed by atoms with Crippen LogP contribution in [-0.2, 0) is 0 Å². The van der Waals surface area contributed by atoms with E-state index in [1.165, 1.54) is 23.0 Å². The van der Waals surface area contributed by atoms with E-state index in [0.717, 1.165) is 17.3 Å². The Labute approximate surface area is 181 Å². The summed E-state index contributed by atoms with van der Waals surface area (Å²) in [5.74, 6) is -0.737. The van der Waals surface area contributed by atoms with Crippen LogP contribution in [-0.4, -0.2) is 35.2 Å². The summed E-state index contributed by atoms with van der Waals surface area (Å²) in [6.45, 7) is 1.98. The zero-order valence-corrected chi connectivity index (χ0v) is 16.8. The molecule has 7 nitrogen and oxygen atoms in total. The molecule has 0 amide bonds. The second-order valence-electron chi connectivity index (χ2n) is 7.07. The average molecular weight is 427 g/mol. The molecule has 0 saturated carbocycles. The van der Waals surface area contributed by atoms with E-state index in [-0.39, 0.29) is 11.3 Å². The molecule has 0 radical (unpaired) electrons. The van der Waals surface area contributed by atoms with E-state index < -0.39 is 11.6 Å². The maximum Gasteiger partial charge on any atom is 0.190 e. The standard InChI is InChI=1S/C23H15F2N7/c1-14-2-5-17(6-3-14)32-23(29-30-31-32)19-13-27-22(15-8-10-26-11-9-15)28-21(19)18-7-4-16(24)12-20(18)25/h2-13H,1H3. The summed E-state index contributed by atoms with van der Waals surface area (Å²) in [4.78, 5) is 13.0. The molecule has 9 heteroatoms. The van der Waals surface area contributed by atoms with E-state index in [1.807, 2.05) is 31.2 Å². The Morgan fingerprint density at radius 2 is 1.66 bits per heavy atom. The highest BCUT2D eigenvalue weighted by molar-refractivity contribution is 5.79. The Bertz CT molecular complexity index is 1400. The molecule has 0 atom stereocenters. The molecule has 0 N–H and O–H groups in total. The summed E-state index contributed by atoms with van der Waals surface area (Å²) in [5, 5.41) is 12.0. The Balaban J connectivity index is 1.73. The van der Waals surface area contributed by atoms with Crippen LogP contribution in [0, 0.1) is 18.6 Å². The van der Waals surface area contributed by atoms with Crippen LogP contribution in [0.4, 0.5) is 8.78 Å². The Kier molecular flexibility index (Phi) is 4.91. The maximum atomic E-state index is 14.8. The molecule has 0 unspecified atom stereocenters. The summed E-state index contributed by atoms with van der Waals surface area (Å²) in [6.07, 6.45) is 4.77. The Morgan fingerprint density at radius 3 is 2.41 bits per heavy atom. The van der Waals surface area contributed by atoms with Crippen molar-refractivity contribution in [3.63, 3.8) is 0 Å². The number of aromatic nitrogens is 7. The molecule has 0 aliphatic carbocycles. The number of pyridine rings is 1. The third kappa shape index (κ3) is 3.60. The van der Waals surface area contributed by atoms with Crippen molar-refractivity contribution in [3.8, 4) is 39.7 Å². The fourth-order valence-corrected chi connectivity index (χ4v) is 3.29. The average Bonchev–Trinajstić information content (AvgIpc) is 3.29. The first-order valence-corrected chi connectivity index (χ1v) is 9.69. The molecule has 0 spiro atoms. The van der Waals surface area contributed by atoms with Gasteiger partial charge in [-0.1, -0.05) is 17.7 Å². The van der Waals surface area contributed by atoms with Gasteiger partial charge in [-0.3, -0.25) is 4.98 Å². The van der Waals surface area contributed by atoms with Crippen LogP contribution in [0.25, 0.3) is 39.7 Å². The van der Waals surface area contributed by atoms with Crippen molar-refractivity contribution >= 4 is 0 Å². The molecule has 0 aliphatic heterocycles. The summed E-state index contributed by atoms with van der Waals surface area (Å²) >= 11 is 0. The summed E-state index contributed by atoms with van der Waals surface area (Å²) in [5.41, 5.74) is 3.26. The Hall–Kier alpha value is -4.40. The topological polar surface area (TPSA) is 82.3 Å². The van der Waals surface area contributed by atoms with Crippen LogP contribution >= 0.6 is 0 Å². The highest BCUT2D eigenvalue weighted by Gasteiger charge is 2.21. The number of hydrogen-bond acceptors (Lipinski definition) is 6. The van der Waals surface area contributed by atoms with Crippen molar-refractivity contribution in [1.29, 1.82) is 0 Å². The molecule has 2 aromatic carbocycles. The van der Waals surface area contributed by atoms with Crippen LogP contribution in [0.5, 0.6) is 0 Å². The third-order valence-electron chi connectivity index (χ3n) is 4.90. The molecule has 5 rings (SSSR count). The third-order valence-corrected chi connectivity index (χ3v) is 4.90. The molecule has 32 heavy (non-hydrogen) atoms. The number of hydrogen-bond donors (Lipinski definition) is 0. The van der Waals surface area contributed by atoms with Gasteiger partial charge < -0.3 is 0 Å². The van der Waals surface area contributed by atoms with Gasteiger partial charge in [0, 0.05) is 35.8 Å². The zero-order chi connectivity index (χ0) is 22.1. The lowest BCUT2D eigenvalue weighted by Crippen LogP contribution is -2.04. The van der Waals surface area contributed by atoms with Crippen molar-refractivity contribution < 1.29 is 8.78 Å². The number of rotatable bonds is 4. The molecular formula is C23H15F2N7. The quantitative estimate of drug-likeness (QED) is 0.422. The number of tetrazole rings is 1. The fraction of sp³-hybridized carbons (Fsp3) is 0.0435. The first kappa shape index (κ1) is 19.6. The lowest BCUT2D eigenvalue weighted by molar-refractivity contribution is 0.585. The lowest BCUT2D eigenvalue weighted by atomic mass is 10.0. The van der Waals surface area contributed by atoms with E-state index in [0.29, 0.717) is 22.8 Å². The number of aryl methyl sites for hydroxylation is 1. The predicted molar refractivity (Wildman–Crippen MR) is 114 cm³/mol. The van der Waals surface area contributed by atoms with Crippen LogP contribution in [0.1, 0.15) is 5.56 Å². The van der Waals surface area contributed by atoms with Crippen molar-refractivity contribution in [2.24, 2.45) is 0 Å². The molecule has 0 saturated heterocycles. The van der Waals surface area contributed by atoms with E-state index in [2.05, 4.69) is 30.5 Å². The van der Waals surface area contributed by atoms with Crippen molar-refractivity contribution in [2.45, 2.75) is 6.92 Å². The van der Waals surface area contributed by atoms with Crippen LogP contribution in [0.2, 0.25) is 0 Å². The summed E-state index contributed by atoms with van der Waals surface area (Å²) in [6, 6.07) is 14.4. The van der Waals surface area contributed by atoms with Gasteiger partial charge in [0.25, 0.3) is 0 Å². The molecule has 0 aliphatic rings. The fourth-order valence-electron chi connectivity index (χ4n) is 3.29. The molecule has 0 bridgehead atoms. The number of nitrogens with zero attached hydrogens (tertiary/aromatic N) is 7. The minimum Gasteiger partial charge on any atom is -0.265 e. The van der Waals surface area contributed by atoms with Gasteiger partial charge in [0.1, 0.15) is 11.6 Å². The Morgan fingerprint density at radius 1 is 0.875 bits per heavy atom. The van der Waals surface area contributed by atoms with Crippen LogP contribution < -0.4 is 0 Å². The van der Waals surface area contributed by atoms with Gasteiger partial charge in [-0.2, -0.15) is 4.68 Å². The van der Waals surface area contributed by atoms with Gasteiger partial charge in [-0.15, -0.1) is 5.10 Å². The molecule has 5 aromatic rings. The van der Waals surface area contributed by atoms with Crippen LogP contribution in [0.15, 0.2) is 73.2 Å². The van der Waals surface area contributed by atoms with Gasteiger partial charge in [0.05, 0.1) is 16.9 Å². The molecule has 156 valence electrons. The van der Waals surface area contributed by atoms with Gasteiger partial charge in [-0.05, 0) is 53.7 Å². The molecule has 3 heterocycles. The first-order chi connectivity index (χ1) is 15.6. The van der Waals surface area contributed by atoms with E-state index in [4.69, 9.17) is 0 Å². The normalized spacial score (nSPS) is 11.0. The number of halogens is 2. The van der Waals surface area contributed by atoms with Crippen molar-refractivity contribution in [3.05, 3.63) is 90.4 Å². The molecule has 0 fully saturated rings. The van der Waals surface area contributed by atoms with Crippen molar-refractivity contribution in [2.75, 3.05) is 0 Å². The summed E-state index contributed by atoms with van der Waals surface area (Å²) in [7, 11) is 0. The largest absolute Gasteiger partial charge is 0.265 e. The van der Waals surface area contributed by atoms with Gasteiger partial charge >= 0.3 is 0 Å². The highest BCUT2D eigenvalue weighted by atomic mass is 19.1. The maximum absolute atomic E-state index is 14.8. The minimum atomic E-state index is -0.750.